The Kier molecular flexibility index (Phi) is 11.1. The standard InChI is InChI=1S/C36H44ClFN4O6S/c1-40(2)35(45)31-7-5-13-41(31)23-16-24(19-48-25-11-9-21(10-12-25)36(46)47)42(18-23)33(43)15-22-14-28(37)30(17-29(22)38)39-34(44)27-20-49-32-8-4-3-6-26(27)32/h3,6,14,17,20-21,23-25,31H,4-5,7-13,15-16,18-19H2,1-2H3,(H,39,44)(H,46,47)/t21-,23-,24-,25-,31-/m0/s1. The van der Waals surface area contributed by atoms with Crippen LogP contribution in [-0.4, -0.2) is 102 Å². The molecule has 264 valence electrons. The van der Waals surface area contributed by atoms with Crippen LogP contribution in [0, 0.1) is 11.7 Å². The first-order valence-corrected chi connectivity index (χ1v) is 18.4. The number of amides is 3. The van der Waals surface area contributed by atoms with Gasteiger partial charge < -0.3 is 25.0 Å². The molecule has 2 aromatic rings. The summed E-state index contributed by atoms with van der Waals surface area (Å²) >= 11 is 8.08. The Morgan fingerprint density at radius 3 is 2.65 bits per heavy atom. The molecule has 0 spiro atoms. The molecule has 2 N–H and O–H groups in total. The number of ether oxygens (including phenoxy) is 1. The predicted molar refractivity (Wildman–Crippen MR) is 186 cm³/mol. The number of hydrogen-bond acceptors (Lipinski definition) is 7. The zero-order chi connectivity index (χ0) is 34.8. The smallest absolute Gasteiger partial charge is 0.306 e. The lowest BCUT2D eigenvalue weighted by atomic mass is 9.87. The maximum Gasteiger partial charge on any atom is 0.306 e. The number of nitrogens with one attached hydrogen (secondary N) is 1. The van der Waals surface area contributed by atoms with Crippen LogP contribution in [0.5, 0.6) is 0 Å². The Morgan fingerprint density at radius 2 is 1.92 bits per heavy atom. The van der Waals surface area contributed by atoms with Crippen LogP contribution in [0.3, 0.4) is 0 Å². The third-order valence-corrected chi connectivity index (χ3v) is 11.8. The Labute approximate surface area is 295 Å². The van der Waals surface area contributed by atoms with Gasteiger partial charge in [-0.1, -0.05) is 23.8 Å². The number of likely N-dealkylation sites (tertiary alicyclic amines) is 2. The van der Waals surface area contributed by atoms with Gasteiger partial charge in [-0.2, -0.15) is 0 Å². The molecule has 2 aliphatic carbocycles. The highest BCUT2D eigenvalue weighted by molar-refractivity contribution is 7.10. The Morgan fingerprint density at radius 1 is 1.14 bits per heavy atom. The molecule has 1 aromatic carbocycles. The first-order valence-electron chi connectivity index (χ1n) is 17.2. The number of benzene rings is 1. The van der Waals surface area contributed by atoms with Crippen LogP contribution in [0.1, 0.15) is 77.7 Å². The Hall–Kier alpha value is -3.32. The highest BCUT2D eigenvalue weighted by Gasteiger charge is 2.44. The van der Waals surface area contributed by atoms with E-state index in [9.17, 15) is 24.3 Å². The molecule has 3 heterocycles. The maximum atomic E-state index is 15.6. The summed E-state index contributed by atoms with van der Waals surface area (Å²) in [5.74, 6) is -2.37. The Balaban J connectivity index is 1.15. The summed E-state index contributed by atoms with van der Waals surface area (Å²) in [6.07, 6.45) is 10.1. The number of thiophene rings is 1. The van der Waals surface area contributed by atoms with E-state index in [4.69, 9.17) is 16.3 Å². The molecular formula is C36H44ClFN4O6S. The minimum atomic E-state index is -0.775. The van der Waals surface area contributed by atoms with Crippen LogP contribution < -0.4 is 5.32 Å². The van der Waals surface area contributed by atoms with Gasteiger partial charge in [-0.15, -0.1) is 11.3 Å². The highest BCUT2D eigenvalue weighted by Crippen LogP contribution is 2.34. The largest absolute Gasteiger partial charge is 0.481 e. The molecule has 3 amide bonds. The van der Waals surface area contributed by atoms with Crippen LogP contribution >= 0.6 is 22.9 Å². The van der Waals surface area contributed by atoms with Crippen molar-refractivity contribution in [1.82, 2.24) is 14.7 Å². The van der Waals surface area contributed by atoms with E-state index in [1.807, 2.05) is 12.2 Å². The van der Waals surface area contributed by atoms with Gasteiger partial charge in [0, 0.05) is 42.5 Å². The first-order chi connectivity index (χ1) is 23.5. The third kappa shape index (κ3) is 7.87. The van der Waals surface area contributed by atoms with Gasteiger partial charge in [0.05, 0.1) is 53.4 Å². The minimum Gasteiger partial charge on any atom is -0.481 e. The van der Waals surface area contributed by atoms with Crippen molar-refractivity contribution in [1.29, 1.82) is 0 Å². The number of rotatable bonds is 10. The summed E-state index contributed by atoms with van der Waals surface area (Å²) in [6.45, 7) is 1.42. The summed E-state index contributed by atoms with van der Waals surface area (Å²) < 4.78 is 21.8. The maximum absolute atomic E-state index is 15.6. The number of aryl methyl sites for hydroxylation is 1. The van der Waals surface area contributed by atoms with Crippen molar-refractivity contribution < 1.29 is 33.4 Å². The number of carbonyl (C=O) groups excluding carboxylic acids is 3. The van der Waals surface area contributed by atoms with Crippen molar-refractivity contribution in [2.24, 2.45) is 5.92 Å². The number of carboxylic acid groups (broad SMARTS) is 1. The highest BCUT2D eigenvalue weighted by atomic mass is 35.5. The molecule has 1 aromatic heterocycles. The van der Waals surface area contributed by atoms with Gasteiger partial charge in [-0.25, -0.2) is 4.39 Å². The van der Waals surface area contributed by atoms with Crippen molar-refractivity contribution in [2.45, 2.75) is 88.4 Å². The number of anilines is 1. The summed E-state index contributed by atoms with van der Waals surface area (Å²) in [4.78, 5) is 58.1. The van der Waals surface area contributed by atoms with E-state index in [1.165, 1.54) is 23.5 Å². The number of likely N-dealkylation sites (N-methyl/N-ethyl adjacent to an activating group) is 1. The second kappa shape index (κ2) is 15.3. The van der Waals surface area contributed by atoms with Crippen LogP contribution in [-0.2, 0) is 32.0 Å². The van der Waals surface area contributed by atoms with Gasteiger partial charge in [0.15, 0.2) is 0 Å². The monoisotopic (exact) mass is 714 g/mol. The number of carbonyl (C=O) groups is 4. The number of allylic oxidation sites excluding steroid dienone is 1. The van der Waals surface area contributed by atoms with Crippen molar-refractivity contribution in [3.05, 3.63) is 56.0 Å². The number of nitrogens with zero attached hydrogens (tertiary/aromatic N) is 3. The fourth-order valence-corrected chi connectivity index (χ4v) is 9.03. The molecule has 49 heavy (non-hydrogen) atoms. The van der Waals surface area contributed by atoms with E-state index in [-0.39, 0.29) is 77.2 Å². The van der Waals surface area contributed by atoms with Crippen molar-refractivity contribution in [3.8, 4) is 0 Å². The molecule has 3 atom stereocenters. The normalized spacial score (nSPS) is 25.3. The lowest BCUT2D eigenvalue weighted by Crippen LogP contribution is -2.48. The van der Waals surface area contributed by atoms with Crippen LogP contribution in [0.15, 0.2) is 23.6 Å². The minimum absolute atomic E-state index is 0.0458. The molecule has 6 rings (SSSR count). The number of fused-ring (bicyclic) bond motifs is 1. The zero-order valence-corrected chi connectivity index (χ0v) is 29.5. The molecule has 0 unspecified atom stereocenters. The van der Waals surface area contributed by atoms with E-state index < -0.39 is 11.8 Å². The lowest BCUT2D eigenvalue weighted by molar-refractivity contribution is -0.144. The quantitative estimate of drug-likeness (QED) is 0.335. The molecule has 2 saturated heterocycles. The number of aliphatic carboxylic acids is 1. The first kappa shape index (κ1) is 35.5. The molecule has 0 radical (unpaired) electrons. The van der Waals surface area contributed by atoms with E-state index in [2.05, 4.69) is 10.2 Å². The number of halogens is 2. The van der Waals surface area contributed by atoms with Crippen molar-refractivity contribution in [3.63, 3.8) is 0 Å². The second-order valence-corrected chi connectivity index (χ2v) is 15.2. The molecule has 10 nitrogen and oxygen atoms in total. The van der Waals surface area contributed by atoms with Gasteiger partial charge >= 0.3 is 5.97 Å². The number of hydrogen-bond donors (Lipinski definition) is 2. The summed E-state index contributed by atoms with van der Waals surface area (Å²) in [6, 6.07) is 1.98. The SMILES string of the molecule is CN(C)C(=O)[C@@H]1CCCN1[C@H]1C[C@@H](CO[C@H]2CC[C@H](C(=O)O)CC2)N(C(=O)Cc2cc(Cl)c(NC(=O)c3csc4c3C=CCC4)cc2F)C1. The third-order valence-electron chi connectivity index (χ3n) is 10.5. The molecule has 2 aliphatic heterocycles. The molecular weight excluding hydrogens is 671 g/mol. The van der Waals surface area contributed by atoms with E-state index >= 15 is 4.39 Å². The topological polar surface area (TPSA) is 119 Å². The van der Waals surface area contributed by atoms with Crippen molar-refractivity contribution in [2.75, 3.05) is 39.1 Å². The molecule has 4 aliphatic rings. The van der Waals surface area contributed by atoms with Gasteiger partial charge in [0.1, 0.15) is 5.82 Å². The van der Waals surface area contributed by atoms with Gasteiger partial charge in [0.2, 0.25) is 11.8 Å². The summed E-state index contributed by atoms with van der Waals surface area (Å²) in [5.41, 5.74) is 1.66. The number of carboxylic acids is 1. The van der Waals surface area contributed by atoms with E-state index in [1.54, 1.807) is 29.3 Å². The van der Waals surface area contributed by atoms with E-state index in [0.717, 1.165) is 42.7 Å². The molecule has 1 saturated carbocycles. The summed E-state index contributed by atoms with van der Waals surface area (Å²) in [7, 11) is 3.50. The lowest BCUT2D eigenvalue weighted by Gasteiger charge is -2.31. The molecule has 3 fully saturated rings. The van der Waals surface area contributed by atoms with Gasteiger partial charge in [-0.05, 0) is 82.0 Å². The fraction of sp³-hybridized carbons (Fsp3) is 0.556. The average Bonchev–Trinajstić information content (AvgIpc) is 3.84. The fourth-order valence-electron chi connectivity index (χ4n) is 7.76. The Bertz CT molecular complexity index is 1620. The van der Waals surface area contributed by atoms with E-state index in [0.29, 0.717) is 44.2 Å². The second-order valence-electron chi connectivity index (χ2n) is 13.8. The van der Waals surface area contributed by atoms with Crippen LogP contribution in [0.25, 0.3) is 6.08 Å². The van der Waals surface area contributed by atoms with Gasteiger partial charge in [0.25, 0.3) is 5.91 Å². The summed E-state index contributed by atoms with van der Waals surface area (Å²) in [5, 5.41) is 14.0. The van der Waals surface area contributed by atoms with Crippen molar-refractivity contribution >= 4 is 58.4 Å². The molecule has 13 heteroatoms. The zero-order valence-electron chi connectivity index (χ0n) is 28.0. The molecule has 0 bridgehead atoms. The van der Waals surface area contributed by atoms with Gasteiger partial charge in [-0.3, -0.25) is 24.1 Å². The van der Waals surface area contributed by atoms with Crippen LogP contribution in [0.2, 0.25) is 5.02 Å². The average molecular weight is 715 g/mol. The predicted octanol–water partition coefficient (Wildman–Crippen LogP) is 5.48. The van der Waals surface area contributed by atoms with Crippen LogP contribution in [0.4, 0.5) is 10.1 Å².